The molecule has 6 amide bonds. The van der Waals surface area contributed by atoms with Crippen molar-refractivity contribution in [3.05, 3.63) is 24.2 Å². The van der Waals surface area contributed by atoms with Gasteiger partial charge < -0.3 is 15.1 Å². The lowest BCUT2D eigenvalue weighted by molar-refractivity contribution is -0.135. The molecular formula is C21H26N4O5. The highest BCUT2D eigenvalue weighted by molar-refractivity contribution is 6.09. The van der Waals surface area contributed by atoms with Gasteiger partial charge in [-0.2, -0.15) is 0 Å². The highest BCUT2D eigenvalue weighted by Crippen LogP contribution is 2.55. The molecule has 0 aromatic carbocycles. The van der Waals surface area contributed by atoms with Crippen molar-refractivity contribution in [2.45, 2.75) is 56.5 Å². The van der Waals surface area contributed by atoms with Crippen molar-refractivity contribution in [3.63, 3.8) is 0 Å². The Labute approximate surface area is 173 Å². The molecule has 5 fully saturated rings. The Hall–Kier alpha value is -2.84. The van der Waals surface area contributed by atoms with Crippen molar-refractivity contribution in [1.82, 2.24) is 20.9 Å². The van der Waals surface area contributed by atoms with E-state index in [2.05, 4.69) is 16.0 Å². The largest absolute Gasteiger partial charge is 0.466 e. The van der Waals surface area contributed by atoms with Gasteiger partial charge in [0.15, 0.2) is 5.54 Å². The van der Waals surface area contributed by atoms with Gasteiger partial charge >= 0.3 is 12.1 Å². The molecule has 30 heavy (non-hydrogen) atoms. The van der Waals surface area contributed by atoms with Crippen molar-refractivity contribution >= 4 is 23.9 Å². The lowest BCUT2D eigenvalue weighted by atomic mass is 9.53. The van der Waals surface area contributed by atoms with Crippen LogP contribution in [0.4, 0.5) is 9.59 Å². The van der Waals surface area contributed by atoms with Gasteiger partial charge in [-0.15, -0.1) is 0 Å². The average molecular weight is 414 g/mol. The first-order chi connectivity index (χ1) is 14.3. The molecule has 2 heterocycles. The molecule has 1 aromatic rings. The average Bonchev–Trinajstić information content (AvgIpc) is 3.24. The Morgan fingerprint density at radius 1 is 1.17 bits per heavy atom. The van der Waals surface area contributed by atoms with Gasteiger partial charge in [-0.3, -0.25) is 19.8 Å². The van der Waals surface area contributed by atoms with Crippen molar-refractivity contribution in [1.29, 1.82) is 0 Å². The summed E-state index contributed by atoms with van der Waals surface area (Å²) >= 11 is 0. The van der Waals surface area contributed by atoms with E-state index in [4.69, 9.17) is 4.42 Å². The molecule has 0 spiro atoms. The van der Waals surface area contributed by atoms with Gasteiger partial charge in [-0.1, -0.05) is 0 Å². The van der Waals surface area contributed by atoms with E-state index in [1.54, 1.807) is 12.1 Å². The van der Waals surface area contributed by atoms with E-state index in [0.29, 0.717) is 17.8 Å². The number of urea groups is 2. The number of nitrogens with one attached hydrogen (secondary N) is 3. The fraction of sp³-hybridized carbons (Fsp3) is 0.619. The number of rotatable bonds is 4. The summed E-state index contributed by atoms with van der Waals surface area (Å²) in [6.45, 7) is 0.985. The van der Waals surface area contributed by atoms with Crippen LogP contribution in [0.25, 0.3) is 0 Å². The maximum Gasteiger partial charge on any atom is 0.325 e. The van der Waals surface area contributed by atoms with Crippen LogP contribution in [-0.4, -0.2) is 40.9 Å². The van der Waals surface area contributed by atoms with Gasteiger partial charge in [0.05, 0.1) is 6.26 Å². The van der Waals surface area contributed by atoms with Crippen molar-refractivity contribution in [3.8, 4) is 0 Å². The zero-order chi connectivity index (χ0) is 21.1. The number of furan rings is 1. The standard InChI is InChI=1S/C21H26N4O5/c1-20(15-3-2-4-30-15)17(27)25(19(29)24-20)11-16(26)22-18(28)23-21-8-12-5-13(9-21)7-14(6-12)10-21/h2-4,12-14H,5-11H2,1H3,(H,24,29)(H2,22,23,26,28). The molecule has 4 bridgehead atoms. The van der Waals surface area contributed by atoms with Gasteiger partial charge in [0.25, 0.3) is 5.91 Å². The quantitative estimate of drug-likeness (QED) is 0.649. The minimum Gasteiger partial charge on any atom is -0.466 e. The molecule has 6 rings (SSSR count). The number of carbonyl (C=O) groups excluding carboxylic acids is 4. The molecule has 1 atom stereocenters. The third-order valence-corrected chi connectivity index (χ3v) is 7.26. The minimum absolute atomic E-state index is 0.224. The second-order valence-corrected chi connectivity index (χ2v) is 9.62. The maximum atomic E-state index is 12.8. The number of amides is 6. The van der Waals surface area contributed by atoms with E-state index in [9.17, 15) is 19.2 Å². The lowest BCUT2D eigenvalue weighted by Gasteiger charge is -2.56. The number of nitrogens with zero attached hydrogens (tertiary/aromatic N) is 1. The molecule has 4 saturated carbocycles. The summed E-state index contributed by atoms with van der Waals surface area (Å²) in [5.74, 6) is 0.971. The summed E-state index contributed by atoms with van der Waals surface area (Å²) in [5.41, 5.74) is -1.60. The van der Waals surface area contributed by atoms with E-state index in [1.165, 1.54) is 32.4 Å². The van der Waals surface area contributed by atoms with Crippen molar-refractivity contribution in [2.24, 2.45) is 17.8 Å². The number of carbonyl (C=O) groups is 4. The van der Waals surface area contributed by atoms with Gasteiger partial charge in [0.2, 0.25) is 5.91 Å². The molecule has 1 aromatic heterocycles. The Balaban J connectivity index is 1.20. The molecule has 4 aliphatic carbocycles. The van der Waals surface area contributed by atoms with Crippen LogP contribution in [-0.2, 0) is 15.1 Å². The molecule has 3 N–H and O–H groups in total. The molecule has 1 unspecified atom stereocenters. The Morgan fingerprint density at radius 2 is 1.80 bits per heavy atom. The second-order valence-electron chi connectivity index (χ2n) is 9.62. The van der Waals surface area contributed by atoms with Gasteiger partial charge in [0.1, 0.15) is 12.3 Å². The molecule has 1 aliphatic heterocycles. The van der Waals surface area contributed by atoms with E-state index in [-0.39, 0.29) is 11.3 Å². The molecule has 1 saturated heterocycles. The zero-order valence-corrected chi connectivity index (χ0v) is 16.9. The Morgan fingerprint density at radius 3 is 2.37 bits per heavy atom. The molecular weight excluding hydrogens is 388 g/mol. The van der Waals surface area contributed by atoms with Gasteiger partial charge in [-0.25, -0.2) is 9.59 Å². The molecule has 5 aliphatic rings. The summed E-state index contributed by atoms with van der Waals surface area (Å²) in [7, 11) is 0. The first-order valence-electron chi connectivity index (χ1n) is 10.6. The van der Waals surface area contributed by atoms with Crippen LogP contribution in [0, 0.1) is 17.8 Å². The highest BCUT2D eigenvalue weighted by atomic mass is 16.3. The fourth-order valence-electron chi connectivity index (χ4n) is 6.42. The molecule has 9 heteroatoms. The molecule has 0 radical (unpaired) electrons. The summed E-state index contributed by atoms with van der Waals surface area (Å²) in [6.07, 6.45) is 8.07. The van der Waals surface area contributed by atoms with Crippen molar-refractivity contribution < 1.29 is 23.6 Å². The van der Waals surface area contributed by atoms with E-state index < -0.39 is 36.0 Å². The van der Waals surface area contributed by atoms with Crippen LogP contribution in [0.2, 0.25) is 0 Å². The fourth-order valence-corrected chi connectivity index (χ4v) is 6.42. The summed E-state index contributed by atoms with van der Waals surface area (Å²) in [5, 5.41) is 7.91. The van der Waals surface area contributed by atoms with Crippen LogP contribution in [0.5, 0.6) is 0 Å². The zero-order valence-electron chi connectivity index (χ0n) is 16.9. The van der Waals surface area contributed by atoms with E-state index in [0.717, 1.165) is 24.2 Å². The summed E-state index contributed by atoms with van der Waals surface area (Å²) in [4.78, 5) is 50.8. The topological polar surface area (TPSA) is 121 Å². The maximum absolute atomic E-state index is 12.8. The van der Waals surface area contributed by atoms with Crippen LogP contribution in [0.3, 0.4) is 0 Å². The number of imide groups is 2. The van der Waals surface area contributed by atoms with E-state index >= 15 is 0 Å². The molecule has 9 nitrogen and oxygen atoms in total. The Bertz CT molecular complexity index is 875. The monoisotopic (exact) mass is 414 g/mol. The normalized spacial score (nSPS) is 36.7. The SMILES string of the molecule is CC1(c2ccco2)NC(=O)N(CC(=O)NC(=O)NC23CC4CC(CC(C4)C2)C3)C1=O. The summed E-state index contributed by atoms with van der Waals surface area (Å²) < 4.78 is 5.26. The lowest BCUT2D eigenvalue weighted by Crippen LogP contribution is -2.62. The number of hydrogen-bond donors (Lipinski definition) is 3. The first kappa shape index (κ1) is 19.1. The Kier molecular flexibility index (Phi) is 4.20. The minimum atomic E-state index is -1.37. The predicted octanol–water partition coefficient (Wildman–Crippen LogP) is 1.84. The predicted molar refractivity (Wildman–Crippen MR) is 104 cm³/mol. The third-order valence-electron chi connectivity index (χ3n) is 7.26. The van der Waals surface area contributed by atoms with E-state index in [1.807, 2.05) is 0 Å². The second kappa shape index (κ2) is 6.58. The van der Waals surface area contributed by atoms with Crippen LogP contribution in [0.1, 0.15) is 51.2 Å². The van der Waals surface area contributed by atoms with Crippen LogP contribution >= 0.6 is 0 Å². The smallest absolute Gasteiger partial charge is 0.325 e. The van der Waals surface area contributed by atoms with Crippen molar-refractivity contribution in [2.75, 3.05) is 6.54 Å². The van der Waals surface area contributed by atoms with Crippen LogP contribution in [0.15, 0.2) is 22.8 Å². The van der Waals surface area contributed by atoms with Gasteiger partial charge in [0, 0.05) is 5.54 Å². The third kappa shape index (κ3) is 3.07. The number of hydrogen-bond acceptors (Lipinski definition) is 5. The highest BCUT2D eigenvalue weighted by Gasteiger charge is 2.53. The summed E-state index contributed by atoms with van der Waals surface area (Å²) in [6, 6.07) is 1.95. The van der Waals surface area contributed by atoms with Gasteiger partial charge in [-0.05, 0) is 75.3 Å². The first-order valence-corrected chi connectivity index (χ1v) is 10.6. The van der Waals surface area contributed by atoms with Crippen LogP contribution < -0.4 is 16.0 Å². The molecule has 160 valence electrons.